The van der Waals surface area contributed by atoms with Crippen molar-refractivity contribution in [2.75, 3.05) is 33.9 Å². The summed E-state index contributed by atoms with van der Waals surface area (Å²) in [6.45, 7) is 0.826. The molecule has 1 saturated heterocycles. The fourth-order valence-electron chi connectivity index (χ4n) is 3.43. The molecular weight excluding hydrogens is 416 g/mol. The normalized spacial score (nSPS) is 14.9. The molecule has 0 atom stereocenters. The number of rotatable bonds is 6. The van der Waals surface area contributed by atoms with E-state index in [1.807, 2.05) is 30.3 Å². The van der Waals surface area contributed by atoms with Crippen LogP contribution in [-0.4, -0.2) is 52.5 Å². The van der Waals surface area contributed by atoms with Crippen LogP contribution in [0.5, 0.6) is 11.5 Å². The number of benzene rings is 2. The molecule has 2 aromatic rings. The minimum absolute atomic E-state index is 0.0921. The molecule has 1 fully saturated rings. The van der Waals surface area contributed by atoms with E-state index < -0.39 is 10.0 Å². The summed E-state index contributed by atoms with van der Waals surface area (Å²) in [7, 11) is -0.721. The van der Waals surface area contributed by atoms with E-state index >= 15 is 0 Å². The van der Waals surface area contributed by atoms with Gasteiger partial charge in [0.15, 0.2) is 11.5 Å². The number of carbonyl (C=O) groups is 1. The minimum atomic E-state index is -3.68. The lowest BCUT2D eigenvalue weighted by Gasteiger charge is -2.30. The van der Waals surface area contributed by atoms with Crippen molar-refractivity contribution in [2.45, 2.75) is 17.7 Å². The third kappa shape index (κ3) is 5.57. The molecule has 0 spiro atoms. The number of hydrogen-bond donors (Lipinski definition) is 1. The molecule has 2 aromatic carbocycles. The Morgan fingerprint density at radius 2 is 1.74 bits per heavy atom. The van der Waals surface area contributed by atoms with Crippen molar-refractivity contribution in [2.24, 2.45) is 5.92 Å². The number of nitrogens with zero attached hydrogens (tertiary/aromatic N) is 1. The first kappa shape index (κ1) is 22.7. The summed E-state index contributed by atoms with van der Waals surface area (Å²) in [6, 6.07) is 14.1. The molecule has 0 aromatic heterocycles. The van der Waals surface area contributed by atoms with Gasteiger partial charge in [0, 0.05) is 30.6 Å². The maximum atomic E-state index is 13.0. The van der Waals surface area contributed by atoms with Gasteiger partial charge in [0.25, 0.3) is 0 Å². The molecule has 31 heavy (non-hydrogen) atoms. The molecule has 0 aliphatic carbocycles. The van der Waals surface area contributed by atoms with Crippen LogP contribution in [0.2, 0.25) is 0 Å². The zero-order valence-corrected chi connectivity index (χ0v) is 18.4. The van der Waals surface area contributed by atoms with E-state index in [-0.39, 0.29) is 36.4 Å². The van der Waals surface area contributed by atoms with Crippen LogP contribution in [0.15, 0.2) is 53.4 Å². The largest absolute Gasteiger partial charge is 0.493 e. The molecule has 8 heteroatoms. The van der Waals surface area contributed by atoms with Crippen molar-refractivity contribution < 1.29 is 22.7 Å². The molecule has 0 saturated carbocycles. The standard InChI is InChI=1S/C23H26N2O5S/c1-29-21-11-10-20(17-22(21)30-2)31(27,28)25-15-12-19(13-16-25)23(26)24-14-6-9-18-7-4-3-5-8-18/h3-5,7-8,10-11,17,19H,12-16H2,1-2H3,(H,24,26). The number of sulfonamides is 1. The van der Waals surface area contributed by atoms with E-state index in [0.717, 1.165) is 5.56 Å². The summed E-state index contributed by atoms with van der Waals surface area (Å²) in [6.07, 6.45) is 0.926. The van der Waals surface area contributed by atoms with Crippen LogP contribution in [0.1, 0.15) is 18.4 Å². The van der Waals surface area contributed by atoms with Crippen LogP contribution in [0.4, 0.5) is 0 Å². The molecule has 3 rings (SSSR count). The molecule has 0 unspecified atom stereocenters. The monoisotopic (exact) mass is 442 g/mol. The van der Waals surface area contributed by atoms with Gasteiger partial charge in [-0.15, -0.1) is 0 Å². The first-order chi connectivity index (χ1) is 15.0. The van der Waals surface area contributed by atoms with Gasteiger partial charge in [-0.1, -0.05) is 30.0 Å². The lowest BCUT2D eigenvalue weighted by atomic mass is 9.97. The number of carbonyl (C=O) groups excluding carboxylic acids is 1. The van der Waals surface area contributed by atoms with Crippen molar-refractivity contribution in [3.8, 4) is 23.3 Å². The fourth-order valence-corrected chi connectivity index (χ4v) is 4.91. The molecule has 1 amide bonds. The third-order valence-electron chi connectivity index (χ3n) is 5.18. The lowest BCUT2D eigenvalue weighted by Crippen LogP contribution is -2.43. The summed E-state index contributed by atoms with van der Waals surface area (Å²) >= 11 is 0. The number of methoxy groups -OCH3 is 2. The number of nitrogens with one attached hydrogen (secondary N) is 1. The Kier molecular flexibility index (Phi) is 7.55. The maximum Gasteiger partial charge on any atom is 0.243 e. The van der Waals surface area contributed by atoms with Crippen molar-refractivity contribution >= 4 is 15.9 Å². The Balaban J connectivity index is 1.55. The second-order valence-corrected chi connectivity index (χ2v) is 9.02. The lowest BCUT2D eigenvalue weighted by molar-refractivity contribution is -0.125. The van der Waals surface area contributed by atoms with Crippen molar-refractivity contribution in [1.29, 1.82) is 0 Å². The van der Waals surface area contributed by atoms with Crippen LogP contribution in [0.3, 0.4) is 0 Å². The average Bonchev–Trinajstić information content (AvgIpc) is 2.82. The van der Waals surface area contributed by atoms with E-state index in [0.29, 0.717) is 24.3 Å². The summed E-state index contributed by atoms with van der Waals surface area (Å²) in [4.78, 5) is 12.6. The van der Waals surface area contributed by atoms with Gasteiger partial charge in [0.05, 0.1) is 25.7 Å². The van der Waals surface area contributed by atoms with Crippen molar-refractivity contribution in [3.63, 3.8) is 0 Å². The van der Waals surface area contributed by atoms with E-state index in [4.69, 9.17) is 9.47 Å². The van der Waals surface area contributed by atoms with Crippen LogP contribution in [-0.2, 0) is 14.8 Å². The second-order valence-electron chi connectivity index (χ2n) is 7.08. The zero-order valence-electron chi connectivity index (χ0n) is 17.6. The Morgan fingerprint density at radius 1 is 1.06 bits per heavy atom. The molecule has 7 nitrogen and oxygen atoms in total. The van der Waals surface area contributed by atoms with Crippen LogP contribution in [0, 0.1) is 17.8 Å². The second kappa shape index (κ2) is 10.3. The molecule has 0 bridgehead atoms. The Hall–Kier alpha value is -3.02. The van der Waals surface area contributed by atoms with Crippen molar-refractivity contribution in [1.82, 2.24) is 9.62 Å². The van der Waals surface area contributed by atoms with Gasteiger partial charge in [0.1, 0.15) is 0 Å². The predicted molar refractivity (Wildman–Crippen MR) is 117 cm³/mol. The summed E-state index contributed by atoms with van der Waals surface area (Å²) in [5, 5.41) is 2.82. The zero-order chi connectivity index (χ0) is 22.3. The maximum absolute atomic E-state index is 13.0. The van der Waals surface area contributed by atoms with E-state index in [1.165, 1.54) is 30.7 Å². The number of piperidine rings is 1. The molecule has 164 valence electrons. The highest BCUT2D eigenvalue weighted by Gasteiger charge is 2.32. The topological polar surface area (TPSA) is 84.9 Å². The van der Waals surface area contributed by atoms with Crippen LogP contribution < -0.4 is 14.8 Å². The highest BCUT2D eigenvalue weighted by molar-refractivity contribution is 7.89. The molecule has 1 aliphatic heterocycles. The minimum Gasteiger partial charge on any atom is -0.493 e. The van der Waals surface area contributed by atoms with Gasteiger partial charge < -0.3 is 14.8 Å². The highest BCUT2D eigenvalue weighted by atomic mass is 32.2. The third-order valence-corrected chi connectivity index (χ3v) is 7.07. The average molecular weight is 443 g/mol. The summed E-state index contributed by atoms with van der Waals surface area (Å²) in [5.41, 5.74) is 0.894. The predicted octanol–water partition coefficient (Wildman–Crippen LogP) is 2.27. The number of ether oxygens (including phenoxy) is 2. The van der Waals surface area contributed by atoms with Gasteiger partial charge in [-0.25, -0.2) is 8.42 Å². The quantitative estimate of drug-likeness (QED) is 0.694. The molecule has 1 heterocycles. The Morgan fingerprint density at radius 3 is 2.39 bits per heavy atom. The van der Waals surface area contributed by atoms with Gasteiger partial charge in [-0.05, 0) is 37.1 Å². The number of amides is 1. The Bertz CT molecular complexity index is 1070. The molecule has 1 aliphatic rings. The van der Waals surface area contributed by atoms with Gasteiger partial charge in [-0.3, -0.25) is 4.79 Å². The summed E-state index contributed by atoms with van der Waals surface area (Å²) in [5.74, 6) is 6.43. The smallest absolute Gasteiger partial charge is 0.243 e. The first-order valence-electron chi connectivity index (χ1n) is 9.99. The Labute approximate surface area is 183 Å². The summed E-state index contributed by atoms with van der Waals surface area (Å²) < 4.78 is 37.8. The van der Waals surface area contributed by atoms with E-state index in [1.54, 1.807) is 6.07 Å². The van der Waals surface area contributed by atoms with Gasteiger partial charge in [0.2, 0.25) is 15.9 Å². The van der Waals surface area contributed by atoms with Gasteiger partial charge in [-0.2, -0.15) is 4.31 Å². The molecular formula is C23H26N2O5S. The first-order valence-corrected chi connectivity index (χ1v) is 11.4. The van der Waals surface area contributed by atoms with Crippen molar-refractivity contribution in [3.05, 3.63) is 54.1 Å². The molecule has 1 N–H and O–H groups in total. The molecule has 0 radical (unpaired) electrons. The van der Waals surface area contributed by atoms with Crippen LogP contribution >= 0.6 is 0 Å². The van der Waals surface area contributed by atoms with E-state index in [2.05, 4.69) is 17.2 Å². The number of hydrogen-bond acceptors (Lipinski definition) is 5. The van der Waals surface area contributed by atoms with Crippen LogP contribution in [0.25, 0.3) is 0 Å². The highest BCUT2D eigenvalue weighted by Crippen LogP contribution is 2.31. The van der Waals surface area contributed by atoms with Gasteiger partial charge >= 0.3 is 0 Å². The fraction of sp³-hybridized carbons (Fsp3) is 0.348. The van der Waals surface area contributed by atoms with E-state index in [9.17, 15) is 13.2 Å². The SMILES string of the molecule is COc1ccc(S(=O)(=O)N2CCC(C(=O)NCC#Cc3ccccc3)CC2)cc1OC.